The Balaban J connectivity index is 0.00000341. The van der Waals surface area contributed by atoms with Crippen molar-refractivity contribution in [3.8, 4) is 5.75 Å². The number of nitrogens with one attached hydrogen (secondary N) is 1. The van der Waals surface area contributed by atoms with Gasteiger partial charge in [0.1, 0.15) is 5.75 Å². The topological polar surface area (TPSA) is 67.8 Å². The Bertz CT molecular complexity index is 888. The van der Waals surface area contributed by atoms with E-state index in [2.05, 4.69) is 11.4 Å². The van der Waals surface area contributed by atoms with Gasteiger partial charge in [-0.1, -0.05) is 29.8 Å². The van der Waals surface area contributed by atoms with Crippen molar-refractivity contribution in [1.29, 1.82) is 0 Å². The minimum atomic E-state index is -1.04. The smallest absolute Gasteiger partial charge is 0.349 e. The minimum Gasteiger partial charge on any atom is -0.476 e. The first-order valence-corrected chi connectivity index (χ1v) is 10.8. The van der Waals surface area contributed by atoms with E-state index >= 15 is 0 Å². The molecule has 3 rings (SSSR count). The molecule has 2 atom stereocenters. The highest BCUT2D eigenvalue weighted by molar-refractivity contribution is 6.30. The summed E-state index contributed by atoms with van der Waals surface area (Å²) in [6.07, 6.45) is 2.20. The molecule has 0 unspecified atom stereocenters. The van der Waals surface area contributed by atoms with Crippen LogP contribution >= 0.6 is 24.0 Å². The van der Waals surface area contributed by atoms with Gasteiger partial charge in [0.15, 0.2) is 5.60 Å². The van der Waals surface area contributed by atoms with Crippen molar-refractivity contribution < 1.29 is 19.4 Å². The molecule has 2 aromatic carbocycles. The van der Waals surface area contributed by atoms with Gasteiger partial charge in [-0.05, 0) is 81.0 Å². The lowest BCUT2D eigenvalue weighted by atomic mass is 9.88. The molecular weight excluding hydrogens is 437 g/mol. The summed E-state index contributed by atoms with van der Waals surface area (Å²) < 4.78 is 11.0. The van der Waals surface area contributed by atoms with Crippen LogP contribution in [-0.2, 0) is 22.4 Å². The molecule has 0 heterocycles. The second-order valence-corrected chi connectivity index (χ2v) is 8.62. The van der Waals surface area contributed by atoms with Crippen LogP contribution in [0.2, 0.25) is 5.02 Å². The van der Waals surface area contributed by atoms with E-state index in [0.717, 1.165) is 24.8 Å². The number of ether oxygens (including phenoxy) is 2. The summed E-state index contributed by atoms with van der Waals surface area (Å²) in [5.74, 6) is 0.281. The van der Waals surface area contributed by atoms with Crippen LogP contribution in [0.4, 0.5) is 0 Å². The number of halogens is 2. The van der Waals surface area contributed by atoms with Crippen LogP contribution in [-0.4, -0.2) is 35.9 Å². The van der Waals surface area contributed by atoms with Crippen LogP contribution in [0.15, 0.2) is 42.5 Å². The van der Waals surface area contributed by atoms with Crippen molar-refractivity contribution in [2.24, 2.45) is 0 Å². The maximum atomic E-state index is 12.1. The molecule has 2 N–H and O–H groups in total. The third-order valence-corrected chi connectivity index (χ3v) is 5.61. The number of aliphatic hydroxyl groups excluding tert-OH is 1. The van der Waals surface area contributed by atoms with Crippen LogP contribution in [0.25, 0.3) is 0 Å². The predicted octanol–water partition coefficient (Wildman–Crippen LogP) is 4.66. The molecule has 0 aliphatic heterocycles. The van der Waals surface area contributed by atoms with Crippen molar-refractivity contribution >= 4 is 30.0 Å². The van der Waals surface area contributed by atoms with Gasteiger partial charge in [-0.3, -0.25) is 0 Å². The number of aliphatic hydroxyl groups is 1. The maximum absolute atomic E-state index is 12.1. The molecule has 0 saturated heterocycles. The Labute approximate surface area is 195 Å². The Morgan fingerprint density at radius 1 is 1.26 bits per heavy atom. The number of aryl methyl sites for hydroxylation is 1. The maximum Gasteiger partial charge on any atom is 0.349 e. The number of rotatable bonds is 8. The van der Waals surface area contributed by atoms with Crippen molar-refractivity contribution in [2.75, 3.05) is 13.2 Å². The number of esters is 1. The van der Waals surface area contributed by atoms with E-state index in [0.29, 0.717) is 23.9 Å². The lowest BCUT2D eigenvalue weighted by Gasteiger charge is -2.28. The van der Waals surface area contributed by atoms with Crippen LogP contribution in [0.1, 0.15) is 50.0 Å². The second-order valence-electron chi connectivity index (χ2n) is 8.18. The number of benzene rings is 2. The SMILES string of the molecule is CCOC(=O)C(C)(C)Oc1ccc2c(c1)C[C@H](NC[C@H](O)c1cccc(Cl)c1)CC2.Cl. The zero-order valence-electron chi connectivity index (χ0n) is 18.2. The van der Waals surface area contributed by atoms with Crippen LogP contribution < -0.4 is 10.1 Å². The van der Waals surface area contributed by atoms with E-state index in [1.54, 1.807) is 32.9 Å². The summed E-state index contributed by atoms with van der Waals surface area (Å²) >= 11 is 6.02. The van der Waals surface area contributed by atoms with Crippen molar-refractivity contribution in [3.63, 3.8) is 0 Å². The van der Waals surface area contributed by atoms with Gasteiger partial charge < -0.3 is 19.9 Å². The van der Waals surface area contributed by atoms with E-state index in [9.17, 15) is 9.90 Å². The first-order valence-electron chi connectivity index (χ1n) is 10.4. The highest BCUT2D eigenvalue weighted by Crippen LogP contribution is 2.28. The zero-order chi connectivity index (χ0) is 21.7. The highest BCUT2D eigenvalue weighted by Gasteiger charge is 2.32. The third kappa shape index (κ3) is 6.84. The van der Waals surface area contributed by atoms with Gasteiger partial charge in [-0.25, -0.2) is 4.79 Å². The summed E-state index contributed by atoms with van der Waals surface area (Å²) in [7, 11) is 0. The number of carbonyl (C=O) groups excluding carboxylic acids is 1. The molecule has 0 spiro atoms. The van der Waals surface area contributed by atoms with Crippen molar-refractivity contribution in [1.82, 2.24) is 5.32 Å². The van der Waals surface area contributed by atoms with Crippen LogP contribution in [0, 0.1) is 0 Å². The number of hydrogen-bond acceptors (Lipinski definition) is 5. The third-order valence-electron chi connectivity index (χ3n) is 5.38. The molecule has 31 heavy (non-hydrogen) atoms. The van der Waals surface area contributed by atoms with E-state index in [-0.39, 0.29) is 24.4 Å². The molecule has 7 heteroatoms. The lowest BCUT2D eigenvalue weighted by molar-refractivity contribution is -0.158. The Hall–Kier alpha value is -1.79. The normalized spacial score (nSPS) is 16.6. The van der Waals surface area contributed by atoms with Gasteiger partial charge in [0.05, 0.1) is 12.7 Å². The summed E-state index contributed by atoms with van der Waals surface area (Å²) in [6, 6.07) is 13.6. The minimum absolute atomic E-state index is 0. The number of hydrogen-bond donors (Lipinski definition) is 2. The molecule has 5 nitrogen and oxygen atoms in total. The molecule has 0 saturated carbocycles. The summed E-state index contributed by atoms with van der Waals surface area (Å²) in [6.45, 7) is 6.00. The van der Waals surface area contributed by atoms with Gasteiger partial charge >= 0.3 is 5.97 Å². The van der Waals surface area contributed by atoms with E-state index < -0.39 is 11.7 Å². The summed E-state index contributed by atoms with van der Waals surface area (Å²) in [5.41, 5.74) is 2.26. The predicted molar refractivity (Wildman–Crippen MR) is 125 cm³/mol. The molecule has 1 aliphatic carbocycles. The molecule has 2 aromatic rings. The molecular formula is C24H31Cl2NO4. The fourth-order valence-electron chi connectivity index (χ4n) is 3.72. The first-order chi connectivity index (χ1) is 14.3. The molecule has 0 aromatic heterocycles. The number of carbonyl (C=O) groups is 1. The van der Waals surface area contributed by atoms with Gasteiger partial charge in [0.2, 0.25) is 0 Å². The highest BCUT2D eigenvalue weighted by atomic mass is 35.5. The lowest BCUT2D eigenvalue weighted by Crippen LogP contribution is -2.40. The second kappa shape index (κ2) is 11.2. The van der Waals surface area contributed by atoms with Crippen molar-refractivity contribution in [2.45, 2.75) is 57.8 Å². The zero-order valence-corrected chi connectivity index (χ0v) is 19.8. The average molecular weight is 468 g/mol. The Morgan fingerprint density at radius 3 is 2.74 bits per heavy atom. The standard InChI is InChI=1S/C24H30ClNO4.ClH/c1-4-29-23(28)24(2,3)30-21-11-9-16-8-10-20(13-18(16)14-21)26-15-22(27)17-6-5-7-19(25)12-17;/h5-7,9,11-12,14,20,22,26-27H,4,8,10,13,15H2,1-3H3;1H/t20-,22+;/m1./s1. The van der Waals surface area contributed by atoms with E-state index in [1.165, 1.54) is 11.1 Å². The Kier molecular flexibility index (Phi) is 9.19. The van der Waals surface area contributed by atoms with Gasteiger partial charge in [-0.2, -0.15) is 0 Å². The monoisotopic (exact) mass is 467 g/mol. The van der Waals surface area contributed by atoms with Crippen LogP contribution in [0.5, 0.6) is 5.75 Å². The quantitative estimate of drug-likeness (QED) is 0.552. The average Bonchev–Trinajstić information content (AvgIpc) is 2.71. The Morgan fingerprint density at radius 2 is 2.03 bits per heavy atom. The molecule has 0 fully saturated rings. The fourth-order valence-corrected chi connectivity index (χ4v) is 3.92. The fraction of sp³-hybridized carbons (Fsp3) is 0.458. The van der Waals surface area contributed by atoms with Gasteiger partial charge in [-0.15, -0.1) is 12.4 Å². The van der Waals surface area contributed by atoms with E-state index in [4.69, 9.17) is 21.1 Å². The molecule has 1 aliphatic rings. The molecule has 0 radical (unpaired) electrons. The largest absolute Gasteiger partial charge is 0.476 e. The number of fused-ring (bicyclic) bond motifs is 1. The summed E-state index contributed by atoms with van der Waals surface area (Å²) in [4.78, 5) is 12.1. The molecule has 0 bridgehead atoms. The van der Waals surface area contributed by atoms with Crippen molar-refractivity contribution in [3.05, 3.63) is 64.2 Å². The van der Waals surface area contributed by atoms with Crippen LogP contribution in [0.3, 0.4) is 0 Å². The van der Waals surface area contributed by atoms with E-state index in [1.807, 2.05) is 24.3 Å². The van der Waals surface area contributed by atoms with Gasteiger partial charge in [0, 0.05) is 17.6 Å². The molecule has 170 valence electrons. The molecule has 0 amide bonds. The first kappa shape index (κ1) is 25.5. The summed E-state index contributed by atoms with van der Waals surface area (Å²) in [5, 5.41) is 14.5. The van der Waals surface area contributed by atoms with Gasteiger partial charge in [0.25, 0.3) is 0 Å².